The molecule has 2 heterocycles. The van der Waals surface area contributed by atoms with Crippen molar-refractivity contribution in [1.29, 1.82) is 0 Å². The second-order valence-corrected chi connectivity index (χ2v) is 12.6. The lowest BCUT2D eigenvalue weighted by molar-refractivity contribution is -0.159. The fraction of sp³-hybridized carbons (Fsp3) is 0.516. The van der Waals surface area contributed by atoms with Crippen molar-refractivity contribution in [2.45, 2.75) is 72.4 Å². The number of ether oxygens (including phenoxy) is 1. The van der Waals surface area contributed by atoms with Gasteiger partial charge in [0.2, 0.25) is 5.72 Å². The standard InChI is InChI=1S/C31H40FN3O5/c1-29(2)18-30(3,4)20-34(19-29)15-21-10-11-22(25(32)14-21)17-40-26-9-6-8-23-24(26)16-35(27(23)37)31(39,12-7-13-36)28(38)33-5/h6,8-11,13-14,39H,7,12,15-20H2,1-5H3,(H,33,38). The third-order valence-corrected chi connectivity index (χ3v) is 7.74. The van der Waals surface area contributed by atoms with Crippen molar-refractivity contribution in [3.8, 4) is 5.75 Å². The molecule has 0 saturated carbocycles. The summed E-state index contributed by atoms with van der Waals surface area (Å²) in [5.74, 6) is -1.32. The van der Waals surface area contributed by atoms with E-state index in [1.54, 1.807) is 30.3 Å². The minimum Gasteiger partial charge on any atom is -0.488 e. The molecule has 1 unspecified atom stereocenters. The first-order valence-corrected chi connectivity index (χ1v) is 13.7. The Morgan fingerprint density at radius 1 is 1.18 bits per heavy atom. The molecule has 216 valence electrons. The molecule has 0 bridgehead atoms. The Kier molecular flexibility index (Phi) is 8.38. The second-order valence-electron chi connectivity index (χ2n) is 12.6. The van der Waals surface area contributed by atoms with E-state index in [4.69, 9.17) is 4.74 Å². The van der Waals surface area contributed by atoms with Gasteiger partial charge in [-0.05, 0) is 41.0 Å². The van der Waals surface area contributed by atoms with E-state index in [-0.39, 0.29) is 48.2 Å². The van der Waals surface area contributed by atoms with E-state index in [9.17, 15) is 19.5 Å². The monoisotopic (exact) mass is 553 g/mol. The first kappa shape index (κ1) is 29.7. The number of likely N-dealkylation sites (N-methyl/N-ethyl adjacent to an activating group) is 1. The van der Waals surface area contributed by atoms with Crippen molar-refractivity contribution in [3.63, 3.8) is 0 Å². The fourth-order valence-corrected chi connectivity index (χ4v) is 6.58. The Labute approximate surface area is 235 Å². The van der Waals surface area contributed by atoms with Gasteiger partial charge in [0, 0.05) is 56.2 Å². The maximum atomic E-state index is 15.1. The molecule has 0 radical (unpaired) electrons. The predicted molar refractivity (Wildman–Crippen MR) is 149 cm³/mol. The molecule has 1 saturated heterocycles. The van der Waals surface area contributed by atoms with E-state index < -0.39 is 17.5 Å². The smallest absolute Gasteiger partial charge is 0.273 e. The Balaban J connectivity index is 1.47. The van der Waals surface area contributed by atoms with Crippen molar-refractivity contribution in [2.75, 3.05) is 20.1 Å². The van der Waals surface area contributed by atoms with Crippen molar-refractivity contribution >= 4 is 18.1 Å². The molecule has 0 aliphatic carbocycles. The van der Waals surface area contributed by atoms with E-state index in [0.29, 0.717) is 29.7 Å². The molecule has 8 nitrogen and oxygen atoms in total. The van der Waals surface area contributed by atoms with Gasteiger partial charge in [-0.2, -0.15) is 0 Å². The third-order valence-electron chi connectivity index (χ3n) is 7.74. The minimum absolute atomic E-state index is 0.0502. The van der Waals surface area contributed by atoms with Crippen molar-refractivity contribution < 1.29 is 28.6 Å². The highest BCUT2D eigenvalue weighted by atomic mass is 19.1. The van der Waals surface area contributed by atoms with Crippen LogP contribution >= 0.6 is 0 Å². The number of nitrogens with zero attached hydrogens (tertiary/aromatic N) is 2. The number of aliphatic hydroxyl groups is 1. The van der Waals surface area contributed by atoms with Gasteiger partial charge in [-0.15, -0.1) is 0 Å². The second kappa shape index (κ2) is 11.3. The summed E-state index contributed by atoms with van der Waals surface area (Å²) in [4.78, 5) is 40.1. The zero-order valence-electron chi connectivity index (χ0n) is 24.1. The Morgan fingerprint density at radius 3 is 2.50 bits per heavy atom. The molecule has 2 N–H and O–H groups in total. The molecule has 40 heavy (non-hydrogen) atoms. The van der Waals surface area contributed by atoms with Gasteiger partial charge in [0.1, 0.15) is 24.5 Å². The summed E-state index contributed by atoms with van der Waals surface area (Å²) < 4.78 is 21.1. The zero-order chi connectivity index (χ0) is 29.3. The number of nitrogens with one attached hydrogen (secondary N) is 1. The first-order valence-electron chi connectivity index (χ1n) is 13.7. The van der Waals surface area contributed by atoms with Crippen LogP contribution < -0.4 is 10.1 Å². The largest absolute Gasteiger partial charge is 0.488 e. The van der Waals surface area contributed by atoms with Gasteiger partial charge in [0.25, 0.3) is 11.8 Å². The molecule has 9 heteroatoms. The Morgan fingerprint density at radius 2 is 1.88 bits per heavy atom. The van der Waals surface area contributed by atoms with E-state index >= 15 is 4.39 Å². The number of carbonyl (C=O) groups excluding carboxylic acids is 3. The SMILES string of the molecule is CNC(=O)C(O)(CCC=O)N1Cc2c(OCc3ccc(CN4CC(C)(C)CC(C)(C)C4)cc3F)cccc2C1=O. The number of carbonyl (C=O) groups is 3. The molecule has 1 atom stereocenters. The normalized spacial score (nSPS) is 19.6. The predicted octanol–water partition coefficient (Wildman–Crippen LogP) is 4.03. The van der Waals surface area contributed by atoms with Crippen LogP contribution in [-0.2, 0) is 29.3 Å². The van der Waals surface area contributed by atoms with Crippen LogP contribution in [0.3, 0.4) is 0 Å². The molecule has 0 aromatic heterocycles. The van der Waals surface area contributed by atoms with Crippen LogP contribution in [0, 0.1) is 16.6 Å². The molecule has 2 aliphatic heterocycles. The number of rotatable bonds is 10. The maximum absolute atomic E-state index is 15.1. The summed E-state index contributed by atoms with van der Waals surface area (Å²) >= 11 is 0. The fourth-order valence-electron chi connectivity index (χ4n) is 6.58. The average molecular weight is 554 g/mol. The molecule has 2 aliphatic rings. The van der Waals surface area contributed by atoms with Gasteiger partial charge in [-0.1, -0.05) is 45.9 Å². The summed E-state index contributed by atoms with van der Waals surface area (Å²) in [5.41, 5.74) is 0.276. The van der Waals surface area contributed by atoms with Crippen LogP contribution in [0.25, 0.3) is 0 Å². The van der Waals surface area contributed by atoms with Gasteiger partial charge in [-0.25, -0.2) is 4.39 Å². The van der Waals surface area contributed by atoms with Crippen molar-refractivity contribution in [2.24, 2.45) is 10.8 Å². The molecular weight excluding hydrogens is 513 g/mol. The number of halogens is 1. The number of benzene rings is 2. The number of hydrogen-bond acceptors (Lipinski definition) is 6. The van der Waals surface area contributed by atoms with Crippen LogP contribution in [-0.4, -0.2) is 58.9 Å². The molecule has 2 amide bonds. The van der Waals surface area contributed by atoms with Gasteiger partial charge < -0.3 is 20.0 Å². The number of hydrogen-bond donors (Lipinski definition) is 2. The molecule has 1 fully saturated rings. The lowest BCUT2D eigenvalue weighted by Crippen LogP contribution is -2.58. The summed E-state index contributed by atoms with van der Waals surface area (Å²) in [6.07, 6.45) is 1.40. The number of amides is 2. The molecule has 4 rings (SSSR count). The lowest BCUT2D eigenvalue weighted by Gasteiger charge is -2.47. The van der Waals surface area contributed by atoms with Crippen LogP contribution in [0.4, 0.5) is 4.39 Å². The van der Waals surface area contributed by atoms with Crippen LogP contribution in [0.15, 0.2) is 36.4 Å². The quantitative estimate of drug-likeness (QED) is 0.431. The Bertz CT molecular complexity index is 1280. The van der Waals surface area contributed by atoms with Gasteiger partial charge >= 0.3 is 0 Å². The highest BCUT2D eigenvalue weighted by Gasteiger charge is 2.48. The lowest BCUT2D eigenvalue weighted by atomic mass is 9.71. The number of piperidine rings is 1. The third kappa shape index (κ3) is 6.20. The minimum atomic E-state index is -2.19. The highest BCUT2D eigenvalue weighted by Crippen LogP contribution is 2.40. The van der Waals surface area contributed by atoms with Crippen molar-refractivity contribution in [3.05, 3.63) is 64.5 Å². The number of aldehydes is 1. The van der Waals surface area contributed by atoms with Gasteiger partial charge in [0.15, 0.2) is 0 Å². The summed E-state index contributed by atoms with van der Waals surface area (Å²) in [6, 6.07) is 10.1. The maximum Gasteiger partial charge on any atom is 0.273 e. The first-order chi connectivity index (χ1) is 18.8. The molecule has 2 aromatic rings. The van der Waals surface area contributed by atoms with E-state index in [1.165, 1.54) is 7.05 Å². The van der Waals surface area contributed by atoms with Gasteiger partial charge in [-0.3, -0.25) is 19.4 Å². The van der Waals surface area contributed by atoms with Crippen LogP contribution in [0.5, 0.6) is 5.75 Å². The summed E-state index contributed by atoms with van der Waals surface area (Å²) in [6.45, 7) is 11.6. The van der Waals surface area contributed by atoms with Crippen LogP contribution in [0.2, 0.25) is 0 Å². The zero-order valence-corrected chi connectivity index (χ0v) is 24.1. The summed E-state index contributed by atoms with van der Waals surface area (Å²) in [5, 5.41) is 13.5. The highest BCUT2D eigenvalue weighted by molar-refractivity contribution is 6.02. The van der Waals surface area contributed by atoms with Crippen molar-refractivity contribution in [1.82, 2.24) is 15.1 Å². The Hall–Kier alpha value is -3.30. The topological polar surface area (TPSA) is 99.2 Å². The van der Waals surface area contributed by atoms with E-state index in [1.807, 2.05) is 6.07 Å². The summed E-state index contributed by atoms with van der Waals surface area (Å²) in [7, 11) is 1.35. The molecule has 0 spiro atoms. The van der Waals surface area contributed by atoms with Crippen LogP contribution in [0.1, 0.15) is 74.0 Å². The number of likely N-dealkylation sites (tertiary alicyclic amines) is 1. The molecule has 2 aromatic carbocycles. The molecular formula is C31H40FN3O5. The number of fused-ring (bicyclic) bond motifs is 1. The average Bonchev–Trinajstić information content (AvgIpc) is 3.22. The van der Waals surface area contributed by atoms with Gasteiger partial charge in [0.05, 0.1) is 6.54 Å². The van der Waals surface area contributed by atoms with E-state index in [0.717, 1.165) is 30.0 Å². The van der Waals surface area contributed by atoms with E-state index in [2.05, 4.69) is 37.9 Å².